The van der Waals surface area contributed by atoms with Gasteiger partial charge in [0, 0.05) is 29.9 Å². The normalized spacial score (nSPS) is 14.3. The molecular weight excluding hydrogens is 502 g/mol. The average molecular weight is 538 g/mol. The van der Waals surface area contributed by atoms with Gasteiger partial charge in [-0.25, -0.2) is 4.79 Å². The zero-order valence-electron chi connectivity index (χ0n) is 22.1. The number of aromatic amines is 1. The van der Waals surface area contributed by atoms with Crippen LogP contribution in [0.15, 0.2) is 54.7 Å². The number of nitrogens with two attached hydrogens (primary N) is 1. The predicted molar refractivity (Wildman–Crippen MR) is 146 cm³/mol. The van der Waals surface area contributed by atoms with Crippen LogP contribution >= 0.6 is 0 Å². The number of hydrogen-bond acceptors (Lipinski definition) is 6. The van der Waals surface area contributed by atoms with E-state index in [4.69, 9.17) is 5.73 Å². The highest BCUT2D eigenvalue weighted by Crippen LogP contribution is 2.20. The van der Waals surface area contributed by atoms with Crippen molar-refractivity contribution in [3.8, 4) is 5.75 Å². The van der Waals surface area contributed by atoms with Crippen LogP contribution in [0, 0.1) is 5.92 Å². The van der Waals surface area contributed by atoms with E-state index < -0.39 is 47.9 Å². The highest BCUT2D eigenvalue weighted by Gasteiger charge is 2.32. The Morgan fingerprint density at radius 1 is 0.846 bits per heavy atom. The van der Waals surface area contributed by atoms with Crippen LogP contribution in [-0.4, -0.2) is 63.1 Å². The topological polar surface area (TPSA) is 187 Å². The number of carbonyl (C=O) groups is 4. The second-order valence-electron chi connectivity index (χ2n) is 9.91. The summed E-state index contributed by atoms with van der Waals surface area (Å²) in [4.78, 5) is 54.1. The lowest BCUT2D eigenvalue weighted by Crippen LogP contribution is -2.58. The molecule has 11 heteroatoms. The lowest BCUT2D eigenvalue weighted by atomic mass is 9.99. The first-order valence-corrected chi connectivity index (χ1v) is 12.7. The van der Waals surface area contributed by atoms with Crippen molar-refractivity contribution in [2.24, 2.45) is 11.7 Å². The molecule has 2 aromatic carbocycles. The highest BCUT2D eigenvalue weighted by atomic mass is 16.4. The molecule has 0 spiro atoms. The maximum atomic E-state index is 13.5. The zero-order valence-corrected chi connectivity index (χ0v) is 22.1. The zero-order chi connectivity index (χ0) is 28.7. The van der Waals surface area contributed by atoms with Crippen LogP contribution in [0.25, 0.3) is 10.9 Å². The Morgan fingerprint density at radius 3 is 2.10 bits per heavy atom. The Balaban J connectivity index is 1.86. The number of para-hydroxylation sites is 1. The number of rotatable bonds is 12. The van der Waals surface area contributed by atoms with Crippen LogP contribution in [0.1, 0.15) is 31.9 Å². The monoisotopic (exact) mass is 537 g/mol. The molecule has 1 aromatic heterocycles. The predicted octanol–water partition coefficient (Wildman–Crippen LogP) is 1.20. The van der Waals surface area contributed by atoms with E-state index in [2.05, 4.69) is 20.9 Å². The van der Waals surface area contributed by atoms with Crippen LogP contribution < -0.4 is 21.7 Å². The fraction of sp³-hybridized carbons (Fsp3) is 0.357. The number of aromatic hydroxyl groups is 1. The molecule has 0 saturated heterocycles. The number of nitrogens with one attached hydrogen (secondary N) is 4. The van der Waals surface area contributed by atoms with Gasteiger partial charge in [0.05, 0.1) is 6.04 Å². The molecule has 8 N–H and O–H groups in total. The van der Waals surface area contributed by atoms with Gasteiger partial charge in [0.25, 0.3) is 0 Å². The largest absolute Gasteiger partial charge is 0.508 e. The summed E-state index contributed by atoms with van der Waals surface area (Å²) in [6, 6.07) is 9.23. The third-order valence-electron chi connectivity index (χ3n) is 6.38. The minimum absolute atomic E-state index is 0.0336. The van der Waals surface area contributed by atoms with Crippen molar-refractivity contribution in [3.05, 3.63) is 65.9 Å². The van der Waals surface area contributed by atoms with Gasteiger partial charge in [-0.05, 0) is 42.2 Å². The minimum Gasteiger partial charge on any atom is -0.508 e. The Kier molecular flexibility index (Phi) is 9.67. The van der Waals surface area contributed by atoms with Crippen LogP contribution in [0.3, 0.4) is 0 Å². The molecular formula is C28H35N5O6. The van der Waals surface area contributed by atoms with E-state index in [1.165, 1.54) is 19.1 Å². The van der Waals surface area contributed by atoms with Crippen LogP contribution in [0.2, 0.25) is 0 Å². The first-order chi connectivity index (χ1) is 18.5. The fourth-order valence-corrected chi connectivity index (χ4v) is 4.15. The van der Waals surface area contributed by atoms with Crippen LogP contribution in [-0.2, 0) is 32.0 Å². The van der Waals surface area contributed by atoms with Crippen molar-refractivity contribution in [1.82, 2.24) is 20.9 Å². The smallest absolute Gasteiger partial charge is 0.326 e. The van der Waals surface area contributed by atoms with Gasteiger partial charge in [-0.1, -0.05) is 44.2 Å². The molecule has 11 nitrogen and oxygen atoms in total. The van der Waals surface area contributed by atoms with Crippen molar-refractivity contribution in [2.75, 3.05) is 0 Å². The maximum Gasteiger partial charge on any atom is 0.326 e. The molecule has 1 heterocycles. The summed E-state index contributed by atoms with van der Waals surface area (Å²) >= 11 is 0. The quantitative estimate of drug-likeness (QED) is 0.181. The highest BCUT2D eigenvalue weighted by molar-refractivity contribution is 5.95. The molecule has 0 bridgehead atoms. The van der Waals surface area contributed by atoms with E-state index in [-0.39, 0.29) is 24.5 Å². The first kappa shape index (κ1) is 29.2. The van der Waals surface area contributed by atoms with E-state index >= 15 is 0 Å². The lowest BCUT2D eigenvalue weighted by molar-refractivity contribution is -0.142. The molecule has 3 amide bonds. The van der Waals surface area contributed by atoms with Gasteiger partial charge >= 0.3 is 5.97 Å². The van der Waals surface area contributed by atoms with E-state index in [0.717, 1.165) is 16.5 Å². The molecule has 3 rings (SSSR count). The number of carboxylic acids is 1. The summed E-state index contributed by atoms with van der Waals surface area (Å²) < 4.78 is 0. The summed E-state index contributed by atoms with van der Waals surface area (Å²) in [5.74, 6) is -3.33. The molecule has 0 radical (unpaired) electrons. The number of phenolic OH excluding ortho intramolecular Hbond substituents is 1. The summed E-state index contributed by atoms with van der Waals surface area (Å²) in [6.45, 7) is 5.00. The SMILES string of the molecule is CC(N)C(=O)NC(C(=O)NC(Cc1c[nH]c2ccccc12)C(=O)NC(Cc1ccc(O)cc1)C(=O)O)C(C)C. The van der Waals surface area contributed by atoms with Gasteiger partial charge in [-0.15, -0.1) is 0 Å². The molecule has 0 aliphatic heterocycles. The van der Waals surface area contributed by atoms with Crippen molar-refractivity contribution < 1.29 is 29.4 Å². The standard InChI is InChI=1S/C28H35N5O6/c1-15(2)24(33-25(35)16(3)29)27(37)31-22(13-18-14-30-21-7-5-4-6-20(18)21)26(36)32-23(28(38)39)12-17-8-10-19(34)11-9-17/h4-11,14-16,22-24,30,34H,12-13,29H2,1-3H3,(H,31,37)(H,32,36)(H,33,35)(H,38,39). The maximum absolute atomic E-state index is 13.5. The Morgan fingerprint density at radius 2 is 1.49 bits per heavy atom. The van der Waals surface area contributed by atoms with Gasteiger partial charge in [-0.2, -0.15) is 0 Å². The summed E-state index contributed by atoms with van der Waals surface area (Å²) in [6.07, 6.45) is 1.77. The second kappa shape index (κ2) is 12.9. The van der Waals surface area contributed by atoms with Gasteiger partial charge < -0.3 is 36.9 Å². The molecule has 0 saturated carbocycles. The van der Waals surface area contributed by atoms with E-state index in [1.54, 1.807) is 32.2 Å². The summed E-state index contributed by atoms with van der Waals surface area (Å²) in [5.41, 5.74) is 7.84. The Hall–Kier alpha value is -4.38. The molecule has 4 atom stereocenters. The number of phenols is 1. The number of amides is 3. The minimum atomic E-state index is -1.29. The van der Waals surface area contributed by atoms with Crippen molar-refractivity contribution >= 4 is 34.6 Å². The molecule has 3 aromatic rings. The molecule has 0 fully saturated rings. The number of H-pyrrole nitrogens is 1. The number of carboxylic acid groups (broad SMARTS) is 1. The van der Waals surface area contributed by atoms with Crippen molar-refractivity contribution in [3.63, 3.8) is 0 Å². The van der Waals surface area contributed by atoms with Crippen LogP contribution in [0.5, 0.6) is 5.75 Å². The van der Waals surface area contributed by atoms with Gasteiger partial charge in [0.2, 0.25) is 17.7 Å². The van der Waals surface area contributed by atoms with Gasteiger partial charge in [0.1, 0.15) is 23.9 Å². The third-order valence-corrected chi connectivity index (χ3v) is 6.38. The number of fused-ring (bicyclic) bond motifs is 1. The van der Waals surface area contributed by atoms with Crippen molar-refractivity contribution in [2.45, 2.75) is 57.8 Å². The number of hydrogen-bond donors (Lipinski definition) is 7. The first-order valence-electron chi connectivity index (χ1n) is 12.7. The Bertz CT molecular complexity index is 1320. The average Bonchev–Trinajstić information content (AvgIpc) is 3.29. The Labute approximate surface area is 226 Å². The van der Waals surface area contributed by atoms with Gasteiger partial charge in [-0.3, -0.25) is 14.4 Å². The lowest BCUT2D eigenvalue weighted by Gasteiger charge is -2.26. The summed E-state index contributed by atoms with van der Waals surface area (Å²) in [5, 5.41) is 28.0. The molecule has 4 unspecified atom stereocenters. The van der Waals surface area contributed by atoms with Gasteiger partial charge in [0.15, 0.2) is 0 Å². The van der Waals surface area contributed by atoms with Crippen molar-refractivity contribution in [1.29, 1.82) is 0 Å². The van der Waals surface area contributed by atoms with E-state index in [9.17, 15) is 29.4 Å². The number of carbonyl (C=O) groups excluding carboxylic acids is 3. The van der Waals surface area contributed by atoms with Crippen LogP contribution in [0.4, 0.5) is 0 Å². The third kappa shape index (κ3) is 7.81. The van der Waals surface area contributed by atoms with E-state index in [0.29, 0.717) is 5.56 Å². The second-order valence-corrected chi connectivity index (χ2v) is 9.91. The van der Waals surface area contributed by atoms with E-state index in [1.807, 2.05) is 24.3 Å². The molecule has 208 valence electrons. The molecule has 39 heavy (non-hydrogen) atoms. The fourth-order valence-electron chi connectivity index (χ4n) is 4.15. The number of aromatic nitrogens is 1. The number of aliphatic carboxylic acids is 1. The molecule has 0 aliphatic rings. The summed E-state index contributed by atoms with van der Waals surface area (Å²) in [7, 11) is 0. The molecule has 0 aliphatic carbocycles. The number of benzene rings is 2.